The van der Waals surface area contributed by atoms with Gasteiger partial charge < -0.3 is 0 Å². The molecule has 2 aliphatic heterocycles. The molecule has 4 rings (SSSR count). The monoisotopic (exact) mass is 517 g/mol. The first-order valence-corrected chi connectivity index (χ1v) is 11.4. The summed E-state index contributed by atoms with van der Waals surface area (Å²) in [7, 11) is 0. The van der Waals surface area contributed by atoms with Crippen LogP contribution in [0.3, 0.4) is 0 Å². The van der Waals surface area contributed by atoms with Gasteiger partial charge in [-0.15, -0.1) is 0 Å². The number of hydrogen-bond donors (Lipinski definition) is 2. The Hall–Kier alpha value is -1.39. The summed E-state index contributed by atoms with van der Waals surface area (Å²) in [5, 5.41) is 11.7. The Kier molecular flexibility index (Phi) is 4.12. The number of nitrogens with one attached hydrogen (secondary N) is 2. The molecule has 2 aromatic rings. The standard InChI is InChI=1S/2C9H8NS.Ir/c2*1-2-6-10-8(4-1)9-5-3-7-11-9;/h2*1-7,10H;. The Labute approximate surface area is 152 Å². The van der Waals surface area contributed by atoms with Crippen molar-refractivity contribution in [2.24, 2.45) is 0 Å². The second-order valence-electron chi connectivity index (χ2n) is 5.12. The molecule has 0 aromatic carbocycles. The molecule has 0 saturated carbocycles. The number of allylic oxidation sites excluding steroid dienone is 4. The zero-order valence-corrected chi connectivity index (χ0v) is 16.3. The first-order chi connectivity index (χ1) is 11.3. The fourth-order valence-corrected chi connectivity index (χ4v) is 9.56. The van der Waals surface area contributed by atoms with Gasteiger partial charge in [0.2, 0.25) is 0 Å². The maximum atomic E-state index is 3.67. The topological polar surface area (TPSA) is 24.1 Å². The predicted molar refractivity (Wildman–Crippen MR) is 94.8 cm³/mol. The number of dihydropyridines is 2. The van der Waals surface area contributed by atoms with Crippen molar-refractivity contribution in [3.8, 4) is 0 Å². The first kappa shape index (κ1) is 15.2. The summed E-state index contributed by atoms with van der Waals surface area (Å²) in [6, 6.07) is 8.78. The van der Waals surface area contributed by atoms with Crippen LogP contribution in [0.25, 0.3) is 0 Å². The molecular weight excluding hydrogens is 501 g/mol. The van der Waals surface area contributed by atoms with Crippen LogP contribution in [-0.4, -0.2) is 0 Å². The number of rotatable bonds is 4. The summed E-state index contributed by atoms with van der Waals surface area (Å²) in [6.07, 6.45) is 17.3. The van der Waals surface area contributed by atoms with Gasteiger partial charge in [-0.2, -0.15) is 0 Å². The molecule has 0 bridgehead atoms. The van der Waals surface area contributed by atoms with Crippen LogP contribution in [-0.2, 0) is 25.8 Å². The van der Waals surface area contributed by atoms with Gasteiger partial charge in [-0.1, -0.05) is 0 Å². The summed E-state index contributed by atoms with van der Waals surface area (Å²) in [4.78, 5) is 2.78. The van der Waals surface area contributed by atoms with Gasteiger partial charge in [0.1, 0.15) is 0 Å². The average molecular weight is 517 g/mol. The third-order valence-corrected chi connectivity index (χ3v) is 11.1. The molecule has 4 heterocycles. The van der Waals surface area contributed by atoms with E-state index >= 15 is 0 Å². The van der Waals surface area contributed by atoms with Crippen molar-refractivity contribution >= 4 is 22.7 Å². The third-order valence-electron chi connectivity index (χ3n) is 3.63. The van der Waals surface area contributed by atoms with E-state index in [1.807, 2.05) is 22.7 Å². The molecule has 0 fully saturated rings. The van der Waals surface area contributed by atoms with Gasteiger partial charge >= 0.3 is 153 Å². The van der Waals surface area contributed by atoms with E-state index in [0.717, 1.165) is 0 Å². The minimum absolute atomic E-state index is 0.0740. The van der Waals surface area contributed by atoms with Gasteiger partial charge in [-0.05, 0) is 0 Å². The molecule has 2 aromatic heterocycles. The van der Waals surface area contributed by atoms with Crippen molar-refractivity contribution < 1.29 is 17.7 Å². The number of thiophene rings is 2. The van der Waals surface area contributed by atoms with Crippen LogP contribution in [0.5, 0.6) is 0 Å². The number of hydrogen-bond acceptors (Lipinski definition) is 4. The Morgan fingerprint density at radius 2 is 1.26 bits per heavy atom. The second kappa shape index (κ2) is 6.25. The molecule has 0 spiro atoms. The summed E-state index contributed by atoms with van der Waals surface area (Å²) < 4.78 is -0.148. The molecule has 2 atom stereocenters. The molecular formula is C18H16IrN2S2. The Balaban J connectivity index is 1.78. The zero-order valence-electron chi connectivity index (χ0n) is 12.2. The summed E-state index contributed by atoms with van der Waals surface area (Å²) in [5.41, 5.74) is 0. The maximum absolute atomic E-state index is 3.67. The quantitative estimate of drug-likeness (QED) is 0.635. The fourth-order valence-electron chi connectivity index (χ4n) is 2.56. The van der Waals surface area contributed by atoms with E-state index in [2.05, 4.69) is 94.5 Å². The molecule has 0 amide bonds. The van der Waals surface area contributed by atoms with Crippen LogP contribution in [0.4, 0.5) is 0 Å². The van der Waals surface area contributed by atoms with Gasteiger partial charge in [-0.3, -0.25) is 0 Å². The van der Waals surface area contributed by atoms with E-state index in [4.69, 9.17) is 0 Å². The Bertz CT molecular complexity index is 708. The van der Waals surface area contributed by atoms with E-state index in [0.29, 0.717) is 0 Å². The molecule has 0 saturated heterocycles. The van der Waals surface area contributed by atoms with E-state index < -0.39 is 17.7 Å². The van der Waals surface area contributed by atoms with Gasteiger partial charge in [0.15, 0.2) is 0 Å². The normalized spacial score (nSPS) is 28.7. The Morgan fingerprint density at radius 1 is 0.739 bits per heavy atom. The van der Waals surface area contributed by atoms with Crippen LogP contribution >= 0.6 is 22.7 Å². The van der Waals surface area contributed by atoms with Crippen LogP contribution in [0.2, 0.25) is 0 Å². The summed E-state index contributed by atoms with van der Waals surface area (Å²) in [6.45, 7) is 0. The average Bonchev–Trinajstić information content (AvgIpc) is 3.31. The van der Waals surface area contributed by atoms with E-state index in [-0.39, 0.29) is 8.11 Å². The molecule has 2 N–H and O–H groups in total. The molecule has 2 unspecified atom stereocenters. The van der Waals surface area contributed by atoms with Gasteiger partial charge in [0, 0.05) is 0 Å². The van der Waals surface area contributed by atoms with E-state index in [9.17, 15) is 0 Å². The van der Waals surface area contributed by atoms with Crippen LogP contribution in [0, 0.1) is 0 Å². The molecule has 2 aliphatic rings. The molecule has 0 aliphatic carbocycles. The fraction of sp³-hybridized carbons (Fsp3) is 0.111. The van der Waals surface area contributed by atoms with Gasteiger partial charge in [0.25, 0.3) is 0 Å². The first-order valence-electron chi connectivity index (χ1n) is 7.28. The molecule has 0 radical (unpaired) electrons. The zero-order chi connectivity index (χ0) is 15.6. The molecule has 23 heavy (non-hydrogen) atoms. The van der Waals surface area contributed by atoms with Crippen LogP contribution < -0.4 is 10.6 Å². The van der Waals surface area contributed by atoms with Crippen molar-refractivity contribution in [2.75, 3.05) is 0 Å². The Morgan fingerprint density at radius 3 is 1.61 bits per heavy atom. The second-order valence-corrected chi connectivity index (χ2v) is 11.4. The minimum atomic E-state index is -0.548. The third kappa shape index (κ3) is 2.79. The summed E-state index contributed by atoms with van der Waals surface area (Å²) >= 11 is 3.11. The van der Waals surface area contributed by atoms with Crippen molar-refractivity contribution in [1.82, 2.24) is 10.6 Å². The van der Waals surface area contributed by atoms with Gasteiger partial charge in [0.05, 0.1) is 0 Å². The van der Waals surface area contributed by atoms with Crippen molar-refractivity contribution in [3.05, 3.63) is 93.6 Å². The van der Waals surface area contributed by atoms with Gasteiger partial charge in [-0.25, -0.2) is 0 Å². The SMILES string of the molecule is C1=CN[C]([Ir][C]2(c3cccs3)C=CC=CN2)(c2cccs2)C=C1. The van der Waals surface area contributed by atoms with Crippen LogP contribution in [0.1, 0.15) is 9.75 Å². The molecule has 2 nitrogen and oxygen atoms in total. The van der Waals surface area contributed by atoms with Crippen LogP contribution in [0.15, 0.2) is 83.9 Å². The van der Waals surface area contributed by atoms with E-state index in [1.54, 1.807) is 0 Å². The van der Waals surface area contributed by atoms with Crippen molar-refractivity contribution in [2.45, 2.75) is 8.11 Å². The summed E-state index contributed by atoms with van der Waals surface area (Å²) in [5.74, 6) is 0. The molecule has 5 heteroatoms. The van der Waals surface area contributed by atoms with Crippen molar-refractivity contribution in [1.29, 1.82) is 0 Å². The van der Waals surface area contributed by atoms with E-state index in [1.165, 1.54) is 9.75 Å². The predicted octanol–water partition coefficient (Wildman–Crippen LogP) is 4.24. The van der Waals surface area contributed by atoms with Crippen molar-refractivity contribution in [3.63, 3.8) is 0 Å². The molecule has 119 valence electrons.